The van der Waals surface area contributed by atoms with Gasteiger partial charge in [0.25, 0.3) is 0 Å². The van der Waals surface area contributed by atoms with Crippen molar-refractivity contribution in [2.45, 2.75) is 25.7 Å². The summed E-state index contributed by atoms with van der Waals surface area (Å²) in [6.07, 6.45) is 3.07. The molecule has 2 amide bonds. The fraction of sp³-hybridized carbons (Fsp3) is 0.500. The van der Waals surface area contributed by atoms with Gasteiger partial charge >= 0.3 is 0 Å². The van der Waals surface area contributed by atoms with Crippen LogP contribution in [0.4, 0.5) is 0 Å². The summed E-state index contributed by atoms with van der Waals surface area (Å²) in [6, 6.07) is 7.61. The summed E-state index contributed by atoms with van der Waals surface area (Å²) in [4.78, 5) is 23.0. The number of hydrogen-bond donors (Lipinski definition) is 2. The third-order valence-electron chi connectivity index (χ3n) is 3.31. The van der Waals surface area contributed by atoms with E-state index < -0.39 is 0 Å². The largest absolute Gasteiger partial charge is 0.494 e. The number of nitrogens with one attached hydrogen (secondary N) is 2. The molecule has 6 heteroatoms. The average Bonchev–Trinajstić information content (AvgIpc) is 3.33. The second-order valence-corrected chi connectivity index (χ2v) is 6.24. The van der Waals surface area contributed by atoms with Crippen LogP contribution in [-0.4, -0.2) is 31.5 Å². The molecule has 0 spiro atoms. The molecule has 0 bridgehead atoms. The van der Waals surface area contributed by atoms with E-state index in [1.807, 2.05) is 24.3 Å². The van der Waals surface area contributed by atoms with E-state index in [2.05, 4.69) is 26.6 Å². The third kappa shape index (κ3) is 6.47. The lowest BCUT2D eigenvalue weighted by atomic mass is 10.3. The first-order valence-corrected chi connectivity index (χ1v) is 8.37. The molecule has 1 saturated carbocycles. The van der Waals surface area contributed by atoms with Gasteiger partial charge in [0, 0.05) is 29.9 Å². The van der Waals surface area contributed by atoms with Crippen LogP contribution < -0.4 is 15.4 Å². The molecule has 1 aromatic carbocycles. The molecular weight excluding hydrogens is 348 g/mol. The van der Waals surface area contributed by atoms with Gasteiger partial charge in [-0.2, -0.15) is 0 Å². The summed E-state index contributed by atoms with van der Waals surface area (Å²) in [7, 11) is 0. The summed E-state index contributed by atoms with van der Waals surface area (Å²) in [5, 5.41) is 5.60. The van der Waals surface area contributed by atoms with Gasteiger partial charge in [-0.05, 0) is 37.5 Å². The zero-order valence-electron chi connectivity index (χ0n) is 12.4. The van der Waals surface area contributed by atoms with Crippen LogP contribution in [0, 0.1) is 5.92 Å². The standard InChI is InChI=1S/C16H21BrN2O3/c17-13-3-1-4-14(11-13)22-10-2-5-15(20)18-8-9-19-16(21)12-6-7-12/h1,3-4,11-12H,2,5-10H2,(H,18,20)(H,19,21). The first kappa shape index (κ1) is 16.8. The molecule has 1 aliphatic carbocycles. The van der Waals surface area contributed by atoms with E-state index in [-0.39, 0.29) is 17.7 Å². The molecule has 1 aliphatic rings. The second kappa shape index (κ2) is 8.78. The van der Waals surface area contributed by atoms with Crippen LogP contribution >= 0.6 is 15.9 Å². The Morgan fingerprint density at radius 1 is 1.23 bits per heavy atom. The van der Waals surface area contributed by atoms with Gasteiger partial charge in [-0.15, -0.1) is 0 Å². The molecule has 5 nitrogen and oxygen atoms in total. The minimum Gasteiger partial charge on any atom is -0.494 e. The maximum absolute atomic E-state index is 11.6. The highest BCUT2D eigenvalue weighted by atomic mass is 79.9. The van der Waals surface area contributed by atoms with E-state index in [1.165, 1.54) is 0 Å². The molecule has 2 N–H and O–H groups in total. The Morgan fingerprint density at radius 3 is 2.73 bits per heavy atom. The molecular formula is C16H21BrN2O3. The topological polar surface area (TPSA) is 67.4 Å². The third-order valence-corrected chi connectivity index (χ3v) is 3.80. The SMILES string of the molecule is O=C(CCCOc1cccc(Br)c1)NCCNC(=O)C1CC1. The highest BCUT2D eigenvalue weighted by molar-refractivity contribution is 9.10. The highest BCUT2D eigenvalue weighted by Gasteiger charge is 2.28. The molecule has 1 fully saturated rings. The monoisotopic (exact) mass is 368 g/mol. The number of ether oxygens (including phenoxy) is 1. The Morgan fingerprint density at radius 2 is 2.00 bits per heavy atom. The number of rotatable bonds is 9. The van der Waals surface area contributed by atoms with Gasteiger partial charge in [-0.3, -0.25) is 9.59 Å². The number of hydrogen-bond acceptors (Lipinski definition) is 3. The van der Waals surface area contributed by atoms with Gasteiger partial charge in [0.2, 0.25) is 11.8 Å². The normalized spacial score (nSPS) is 13.5. The van der Waals surface area contributed by atoms with Crippen molar-refractivity contribution in [2.24, 2.45) is 5.92 Å². The molecule has 0 radical (unpaired) electrons. The highest BCUT2D eigenvalue weighted by Crippen LogP contribution is 2.28. The van der Waals surface area contributed by atoms with Crippen molar-refractivity contribution < 1.29 is 14.3 Å². The van der Waals surface area contributed by atoms with Crippen LogP contribution in [0.1, 0.15) is 25.7 Å². The minimum atomic E-state index is -0.0153. The van der Waals surface area contributed by atoms with Crippen molar-refractivity contribution in [2.75, 3.05) is 19.7 Å². The van der Waals surface area contributed by atoms with E-state index in [4.69, 9.17) is 4.74 Å². The van der Waals surface area contributed by atoms with Gasteiger partial charge in [0.1, 0.15) is 5.75 Å². The molecule has 0 aromatic heterocycles. The van der Waals surface area contributed by atoms with E-state index in [9.17, 15) is 9.59 Å². The number of carbonyl (C=O) groups is 2. The number of halogens is 1. The average molecular weight is 369 g/mol. The zero-order chi connectivity index (χ0) is 15.8. The van der Waals surface area contributed by atoms with Crippen LogP contribution in [0.15, 0.2) is 28.7 Å². The molecule has 0 unspecified atom stereocenters. The Hall–Kier alpha value is -1.56. The summed E-state index contributed by atoms with van der Waals surface area (Å²) in [5.74, 6) is 1.10. The summed E-state index contributed by atoms with van der Waals surface area (Å²) in [5.41, 5.74) is 0. The maximum Gasteiger partial charge on any atom is 0.223 e. The van der Waals surface area contributed by atoms with E-state index >= 15 is 0 Å². The smallest absolute Gasteiger partial charge is 0.223 e. The Balaban J connectivity index is 1.47. The predicted octanol–water partition coefficient (Wildman–Crippen LogP) is 2.25. The lowest BCUT2D eigenvalue weighted by Gasteiger charge is -2.08. The molecule has 22 heavy (non-hydrogen) atoms. The molecule has 2 rings (SSSR count). The predicted molar refractivity (Wildman–Crippen MR) is 87.6 cm³/mol. The van der Waals surface area contributed by atoms with Crippen molar-refractivity contribution in [1.82, 2.24) is 10.6 Å². The quantitative estimate of drug-likeness (QED) is 0.656. The fourth-order valence-corrected chi connectivity index (χ4v) is 2.32. The van der Waals surface area contributed by atoms with Crippen LogP contribution in [0.2, 0.25) is 0 Å². The molecule has 0 aliphatic heterocycles. The first-order chi connectivity index (χ1) is 10.6. The number of carbonyl (C=O) groups excluding carboxylic acids is 2. The van der Waals surface area contributed by atoms with Crippen molar-refractivity contribution in [3.8, 4) is 5.75 Å². The van der Waals surface area contributed by atoms with Gasteiger partial charge < -0.3 is 15.4 Å². The molecule has 1 aromatic rings. The van der Waals surface area contributed by atoms with Gasteiger partial charge in [0.15, 0.2) is 0 Å². The van der Waals surface area contributed by atoms with Crippen LogP contribution in [0.5, 0.6) is 5.75 Å². The van der Waals surface area contributed by atoms with Crippen molar-refractivity contribution in [1.29, 1.82) is 0 Å². The van der Waals surface area contributed by atoms with Gasteiger partial charge in [-0.1, -0.05) is 22.0 Å². The first-order valence-electron chi connectivity index (χ1n) is 7.58. The Kier molecular flexibility index (Phi) is 6.71. The molecule has 0 atom stereocenters. The van der Waals surface area contributed by atoms with Gasteiger partial charge in [0.05, 0.1) is 6.61 Å². The lowest BCUT2D eigenvalue weighted by molar-refractivity contribution is -0.123. The van der Waals surface area contributed by atoms with Crippen molar-refractivity contribution in [3.05, 3.63) is 28.7 Å². The fourth-order valence-electron chi connectivity index (χ4n) is 1.95. The second-order valence-electron chi connectivity index (χ2n) is 5.32. The molecule has 120 valence electrons. The zero-order valence-corrected chi connectivity index (χ0v) is 14.0. The molecule has 0 heterocycles. The van der Waals surface area contributed by atoms with Crippen LogP contribution in [0.25, 0.3) is 0 Å². The van der Waals surface area contributed by atoms with E-state index in [1.54, 1.807) is 0 Å². The van der Waals surface area contributed by atoms with Crippen molar-refractivity contribution in [3.63, 3.8) is 0 Å². The number of benzene rings is 1. The van der Waals surface area contributed by atoms with Crippen molar-refractivity contribution >= 4 is 27.7 Å². The van der Waals surface area contributed by atoms with Crippen LogP contribution in [0.3, 0.4) is 0 Å². The summed E-state index contributed by atoms with van der Waals surface area (Å²) in [6.45, 7) is 1.47. The Bertz CT molecular complexity index is 518. The number of amides is 2. The minimum absolute atomic E-state index is 0.0153. The van der Waals surface area contributed by atoms with Crippen LogP contribution in [-0.2, 0) is 9.59 Å². The summed E-state index contributed by atoms with van der Waals surface area (Å²) >= 11 is 3.38. The Labute approximate surface area is 138 Å². The van der Waals surface area contributed by atoms with E-state index in [0.29, 0.717) is 32.5 Å². The summed E-state index contributed by atoms with van der Waals surface area (Å²) < 4.78 is 6.53. The lowest BCUT2D eigenvalue weighted by Crippen LogP contribution is -2.35. The van der Waals surface area contributed by atoms with E-state index in [0.717, 1.165) is 23.1 Å². The molecule has 0 saturated heterocycles. The van der Waals surface area contributed by atoms with Gasteiger partial charge in [-0.25, -0.2) is 0 Å². The maximum atomic E-state index is 11.6.